The average molecular weight is 362 g/mol. The van der Waals surface area contributed by atoms with Gasteiger partial charge in [-0.2, -0.15) is 0 Å². The number of nitrogens with one attached hydrogen (secondary N) is 1. The van der Waals surface area contributed by atoms with Gasteiger partial charge in [0.05, 0.1) is 16.7 Å². The van der Waals surface area contributed by atoms with Crippen LogP contribution >= 0.6 is 0 Å². The van der Waals surface area contributed by atoms with Gasteiger partial charge in [-0.05, 0) is 31.0 Å². The van der Waals surface area contributed by atoms with Crippen LogP contribution in [-0.4, -0.2) is 43.8 Å². The lowest BCUT2D eigenvalue weighted by Gasteiger charge is -2.14. The van der Waals surface area contributed by atoms with Crippen LogP contribution in [0.2, 0.25) is 0 Å². The third kappa shape index (κ3) is 3.48. The number of hydrogen-bond donors (Lipinski definition) is 1. The van der Waals surface area contributed by atoms with Gasteiger partial charge in [-0.25, -0.2) is 8.42 Å². The van der Waals surface area contributed by atoms with Crippen molar-refractivity contribution in [2.24, 2.45) is 11.8 Å². The summed E-state index contributed by atoms with van der Waals surface area (Å²) in [6.45, 7) is -0.367. The topological polar surface area (TPSA) is 101 Å². The summed E-state index contributed by atoms with van der Waals surface area (Å²) in [5, 5.41) is 2.54. The van der Waals surface area contributed by atoms with Gasteiger partial charge in [-0.1, -0.05) is 18.2 Å². The number of benzene rings is 1. The van der Waals surface area contributed by atoms with Crippen LogP contribution in [0.25, 0.3) is 0 Å². The van der Waals surface area contributed by atoms with Crippen LogP contribution in [0.1, 0.15) is 12.8 Å². The van der Waals surface area contributed by atoms with Crippen molar-refractivity contribution in [3.05, 3.63) is 36.4 Å². The third-order valence-corrected chi connectivity index (χ3v) is 5.56. The van der Waals surface area contributed by atoms with Gasteiger partial charge in [-0.3, -0.25) is 19.3 Å². The number of sulfone groups is 1. The molecule has 3 amide bonds. The molecule has 7 nitrogen and oxygen atoms in total. The van der Waals surface area contributed by atoms with Crippen LogP contribution in [0.5, 0.6) is 0 Å². The zero-order valence-corrected chi connectivity index (χ0v) is 14.5. The lowest BCUT2D eigenvalue weighted by atomic mass is 9.85. The van der Waals surface area contributed by atoms with E-state index in [0.29, 0.717) is 18.5 Å². The Morgan fingerprint density at radius 3 is 2.32 bits per heavy atom. The van der Waals surface area contributed by atoms with Gasteiger partial charge in [0.2, 0.25) is 17.7 Å². The predicted octanol–water partition coefficient (Wildman–Crippen LogP) is 0.980. The molecule has 1 heterocycles. The Morgan fingerprint density at radius 1 is 1.16 bits per heavy atom. The summed E-state index contributed by atoms with van der Waals surface area (Å²) < 4.78 is 23.1. The lowest BCUT2D eigenvalue weighted by Crippen LogP contribution is -2.38. The number of allylic oxidation sites excluding steroid dienone is 2. The van der Waals surface area contributed by atoms with Gasteiger partial charge in [0, 0.05) is 11.9 Å². The number of carbonyl (C=O) groups is 3. The van der Waals surface area contributed by atoms with E-state index in [4.69, 9.17) is 0 Å². The Hall–Kier alpha value is -2.48. The molecule has 0 radical (unpaired) electrons. The van der Waals surface area contributed by atoms with E-state index in [-0.39, 0.29) is 35.1 Å². The molecule has 0 aromatic heterocycles. The van der Waals surface area contributed by atoms with Crippen LogP contribution in [0.15, 0.2) is 41.3 Å². The largest absolute Gasteiger partial charge is 0.324 e. The van der Waals surface area contributed by atoms with Crippen molar-refractivity contribution >= 4 is 33.2 Å². The quantitative estimate of drug-likeness (QED) is 0.636. The molecular formula is C17H18N2O5S. The molecule has 3 rings (SSSR count). The fourth-order valence-electron chi connectivity index (χ4n) is 3.17. The van der Waals surface area contributed by atoms with Gasteiger partial charge in [-0.15, -0.1) is 0 Å². The Morgan fingerprint density at radius 2 is 1.76 bits per heavy atom. The molecule has 1 aromatic carbocycles. The number of likely N-dealkylation sites (tertiary alicyclic amines) is 1. The zero-order chi connectivity index (χ0) is 18.2. The molecule has 2 atom stereocenters. The summed E-state index contributed by atoms with van der Waals surface area (Å²) in [6, 6.07) is 5.82. The highest BCUT2D eigenvalue weighted by Gasteiger charge is 2.47. The first-order valence-electron chi connectivity index (χ1n) is 7.87. The predicted molar refractivity (Wildman–Crippen MR) is 90.3 cm³/mol. The number of carbonyl (C=O) groups excluding carboxylic acids is 3. The van der Waals surface area contributed by atoms with E-state index in [0.717, 1.165) is 11.2 Å². The Labute approximate surface area is 145 Å². The van der Waals surface area contributed by atoms with Gasteiger partial charge < -0.3 is 5.32 Å². The van der Waals surface area contributed by atoms with Crippen LogP contribution < -0.4 is 5.32 Å². The van der Waals surface area contributed by atoms with Crippen molar-refractivity contribution < 1.29 is 22.8 Å². The Balaban J connectivity index is 1.69. The molecule has 1 aliphatic carbocycles. The maximum atomic E-state index is 12.3. The second kappa shape index (κ2) is 6.44. The second-order valence-corrected chi connectivity index (χ2v) is 8.28. The molecule has 25 heavy (non-hydrogen) atoms. The summed E-state index contributed by atoms with van der Waals surface area (Å²) in [5.74, 6) is -1.93. The molecule has 0 unspecified atom stereocenters. The van der Waals surface area contributed by atoms with Crippen LogP contribution in [0.3, 0.4) is 0 Å². The molecule has 8 heteroatoms. The first kappa shape index (κ1) is 17.3. The molecule has 0 spiro atoms. The minimum atomic E-state index is -3.39. The van der Waals surface area contributed by atoms with E-state index in [9.17, 15) is 22.8 Å². The smallest absolute Gasteiger partial charge is 0.244 e. The SMILES string of the molecule is CS(=O)(=O)c1cccc(NC(=O)CN2C(=O)[C@H]3CC=CC[C@@H]3C2=O)c1. The molecule has 1 saturated heterocycles. The zero-order valence-electron chi connectivity index (χ0n) is 13.6. The first-order chi connectivity index (χ1) is 11.8. The van der Waals surface area contributed by atoms with Crippen molar-refractivity contribution in [3.63, 3.8) is 0 Å². The van der Waals surface area contributed by atoms with Crippen molar-refractivity contribution in [2.45, 2.75) is 17.7 Å². The fraction of sp³-hybridized carbons (Fsp3) is 0.353. The maximum Gasteiger partial charge on any atom is 0.244 e. The molecule has 1 aromatic rings. The van der Waals surface area contributed by atoms with E-state index in [1.54, 1.807) is 6.07 Å². The van der Waals surface area contributed by atoms with Crippen LogP contribution in [0, 0.1) is 11.8 Å². The second-order valence-electron chi connectivity index (χ2n) is 6.27. The van der Waals surface area contributed by atoms with E-state index >= 15 is 0 Å². The molecule has 0 saturated carbocycles. The number of fused-ring (bicyclic) bond motifs is 1. The van der Waals surface area contributed by atoms with Crippen molar-refractivity contribution in [1.29, 1.82) is 0 Å². The minimum absolute atomic E-state index is 0.0794. The van der Waals surface area contributed by atoms with E-state index in [2.05, 4.69) is 5.32 Å². The van der Waals surface area contributed by atoms with Gasteiger partial charge >= 0.3 is 0 Å². The summed E-state index contributed by atoms with van der Waals surface area (Å²) in [4.78, 5) is 38.0. The molecular weight excluding hydrogens is 344 g/mol. The summed E-state index contributed by atoms with van der Waals surface area (Å²) in [5.41, 5.74) is 0.297. The molecule has 1 aliphatic heterocycles. The fourth-order valence-corrected chi connectivity index (χ4v) is 3.84. The first-order valence-corrected chi connectivity index (χ1v) is 9.76. The van der Waals surface area contributed by atoms with Crippen molar-refractivity contribution in [1.82, 2.24) is 4.90 Å². The monoisotopic (exact) mass is 362 g/mol. The van der Waals surface area contributed by atoms with Gasteiger partial charge in [0.25, 0.3) is 0 Å². The highest BCUT2D eigenvalue weighted by atomic mass is 32.2. The Bertz CT molecular complexity index is 849. The molecule has 0 bridgehead atoms. The number of imide groups is 1. The average Bonchev–Trinajstić information content (AvgIpc) is 2.80. The van der Waals surface area contributed by atoms with Gasteiger partial charge in [0.1, 0.15) is 6.54 Å². The van der Waals surface area contributed by atoms with E-state index in [1.165, 1.54) is 18.2 Å². The highest BCUT2D eigenvalue weighted by Crippen LogP contribution is 2.34. The van der Waals surface area contributed by atoms with Crippen LogP contribution in [-0.2, 0) is 24.2 Å². The summed E-state index contributed by atoms with van der Waals surface area (Å²) in [6.07, 6.45) is 5.87. The Kier molecular flexibility index (Phi) is 4.47. The van der Waals surface area contributed by atoms with Crippen molar-refractivity contribution in [3.8, 4) is 0 Å². The normalized spacial score (nSPS) is 22.8. The van der Waals surface area contributed by atoms with E-state index < -0.39 is 15.7 Å². The number of amides is 3. The maximum absolute atomic E-state index is 12.3. The summed E-state index contributed by atoms with van der Waals surface area (Å²) in [7, 11) is -3.39. The molecule has 2 aliphatic rings. The number of nitrogens with zero attached hydrogens (tertiary/aromatic N) is 1. The third-order valence-electron chi connectivity index (χ3n) is 4.45. The standard InChI is InChI=1S/C17H18N2O5S/c1-25(23,24)12-6-4-5-11(9-12)18-15(20)10-19-16(21)13-7-2-3-8-14(13)17(19)22/h2-6,9,13-14H,7-8,10H2,1H3,(H,18,20)/t13-,14-/m0/s1. The van der Waals surface area contributed by atoms with Crippen LogP contribution in [0.4, 0.5) is 5.69 Å². The lowest BCUT2D eigenvalue weighted by molar-refractivity contribution is -0.142. The molecule has 132 valence electrons. The molecule has 1 fully saturated rings. The van der Waals surface area contributed by atoms with E-state index in [1.807, 2.05) is 12.2 Å². The minimum Gasteiger partial charge on any atom is -0.324 e. The number of anilines is 1. The highest BCUT2D eigenvalue weighted by molar-refractivity contribution is 7.90. The molecule has 1 N–H and O–H groups in total. The summed E-state index contributed by atoms with van der Waals surface area (Å²) >= 11 is 0. The number of rotatable bonds is 4. The van der Waals surface area contributed by atoms with Gasteiger partial charge in [0.15, 0.2) is 9.84 Å². The number of hydrogen-bond acceptors (Lipinski definition) is 5. The van der Waals surface area contributed by atoms with Crippen molar-refractivity contribution in [2.75, 3.05) is 18.1 Å².